The number of amides is 1. The van der Waals surface area contributed by atoms with Gasteiger partial charge in [0.25, 0.3) is 0 Å². The van der Waals surface area contributed by atoms with Gasteiger partial charge in [0.05, 0.1) is 0 Å². The molecule has 0 fully saturated rings. The molecular formula is C15H14N2OS. The Morgan fingerprint density at radius 1 is 1.11 bits per heavy atom. The number of hydrogen-bond acceptors (Lipinski definition) is 3. The minimum absolute atomic E-state index is 0.0404. The fraction of sp³-hybridized carbons (Fsp3) is 0.133. The lowest BCUT2D eigenvalue weighted by Crippen LogP contribution is -2.15. The molecule has 3 aromatic rings. The predicted octanol–water partition coefficient (Wildman–Crippen LogP) is 3.34. The summed E-state index contributed by atoms with van der Waals surface area (Å²) in [7, 11) is 0. The van der Waals surface area contributed by atoms with E-state index in [4.69, 9.17) is 5.73 Å². The Hall–Kier alpha value is -1.91. The number of carbonyl (C=O) groups is 1. The maximum atomic E-state index is 11.6. The predicted molar refractivity (Wildman–Crippen MR) is 81.6 cm³/mol. The zero-order valence-electron chi connectivity index (χ0n) is 10.3. The van der Waals surface area contributed by atoms with Gasteiger partial charge in [0.1, 0.15) is 0 Å². The maximum absolute atomic E-state index is 11.6. The standard InChI is InChI=1S/C15H14N2OS/c16-8-7-15(18)17-10-5-6-14-12(9-10)11-3-1-2-4-13(11)19-14/h1-6,9H,7-8,16H2,(H,17,18). The second-order valence-corrected chi connectivity index (χ2v) is 5.48. The molecule has 3 N–H and O–H groups in total. The lowest BCUT2D eigenvalue weighted by atomic mass is 10.1. The fourth-order valence-electron chi connectivity index (χ4n) is 2.16. The van der Waals surface area contributed by atoms with Crippen molar-refractivity contribution in [1.82, 2.24) is 0 Å². The van der Waals surface area contributed by atoms with E-state index in [1.54, 1.807) is 11.3 Å². The minimum Gasteiger partial charge on any atom is -0.330 e. The van der Waals surface area contributed by atoms with Gasteiger partial charge in [-0.2, -0.15) is 0 Å². The smallest absolute Gasteiger partial charge is 0.225 e. The number of thiophene rings is 1. The lowest BCUT2D eigenvalue weighted by molar-refractivity contribution is -0.116. The molecule has 0 radical (unpaired) electrons. The first kappa shape index (κ1) is 12.1. The van der Waals surface area contributed by atoms with Gasteiger partial charge in [0.2, 0.25) is 5.91 Å². The highest BCUT2D eigenvalue weighted by Crippen LogP contribution is 2.34. The van der Waals surface area contributed by atoms with Crippen molar-refractivity contribution in [2.75, 3.05) is 11.9 Å². The molecule has 1 aromatic heterocycles. The molecule has 0 saturated carbocycles. The summed E-state index contributed by atoms with van der Waals surface area (Å²) in [6.45, 7) is 0.370. The molecule has 3 nitrogen and oxygen atoms in total. The quantitative estimate of drug-likeness (QED) is 0.767. The molecule has 96 valence electrons. The molecule has 19 heavy (non-hydrogen) atoms. The van der Waals surface area contributed by atoms with Crippen LogP contribution in [0.4, 0.5) is 5.69 Å². The Balaban J connectivity index is 2.04. The van der Waals surface area contributed by atoms with Crippen LogP contribution in [0.15, 0.2) is 42.5 Å². The zero-order valence-corrected chi connectivity index (χ0v) is 11.2. The van der Waals surface area contributed by atoms with E-state index >= 15 is 0 Å². The highest BCUT2D eigenvalue weighted by atomic mass is 32.1. The first-order chi connectivity index (χ1) is 9.28. The fourth-order valence-corrected chi connectivity index (χ4v) is 3.24. The first-order valence-electron chi connectivity index (χ1n) is 6.19. The second kappa shape index (κ2) is 4.99. The third-order valence-corrected chi connectivity index (χ3v) is 4.18. The SMILES string of the molecule is NCCC(=O)Nc1ccc2sc3ccccc3c2c1. The number of anilines is 1. The average molecular weight is 270 g/mol. The molecular weight excluding hydrogens is 256 g/mol. The van der Waals surface area contributed by atoms with E-state index in [1.165, 1.54) is 20.2 Å². The molecule has 0 saturated heterocycles. The molecule has 0 aliphatic rings. The summed E-state index contributed by atoms with van der Waals surface area (Å²) in [5, 5.41) is 5.30. The number of hydrogen-bond donors (Lipinski definition) is 2. The Labute approximate surface area is 115 Å². The second-order valence-electron chi connectivity index (χ2n) is 4.40. The van der Waals surface area contributed by atoms with Gasteiger partial charge < -0.3 is 11.1 Å². The van der Waals surface area contributed by atoms with Gasteiger partial charge in [0, 0.05) is 38.8 Å². The molecule has 2 aromatic carbocycles. The van der Waals surface area contributed by atoms with Gasteiger partial charge in [-0.3, -0.25) is 4.79 Å². The summed E-state index contributed by atoms with van der Waals surface area (Å²) in [5.74, 6) is -0.0404. The van der Waals surface area contributed by atoms with Gasteiger partial charge in [-0.05, 0) is 24.3 Å². The number of benzene rings is 2. The van der Waals surface area contributed by atoms with Gasteiger partial charge in [-0.25, -0.2) is 0 Å². The minimum atomic E-state index is -0.0404. The van der Waals surface area contributed by atoms with Crippen molar-refractivity contribution < 1.29 is 4.79 Å². The molecule has 0 spiro atoms. The maximum Gasteiger partial charge on any atom is 0.225 e. The Bertz CT molecular complexity index is 748. The van der Waals surface area contributed by atoms with Crippen LogP contribution in [0.5, 0.6) is 0 Å². The van der Waals surface area contributed by atoms with Crippen molar-refractivity contribution in [3.8, 4) is 0 Å². The Morgan fingerprint density at radius 2 is 1.89 bits per heavy atom. The summed E-state index contributed by atoms with van der Waals surface area (Å²) >= 11 is 1.77. The number of nitrogens with one attached hydrogen (secondary N) is 1. The van der Waals surface area contributed by atoms with E-state index in [0.29, 0.717) is 13.0 Å². The van der Waals surface area contributed by atoms with Crippen molar-refractivity contribution in [3.63, 3.8) is 0 Å². The van der Waals surface area contributed by atoms with Crippen LogP contribution in [-0.2, 0) is 4.79 Å². The van der Waals surface area contributed by atoms with Gasteiger partial charge >= 0.3 is 0 Å². The van der Waals surface area contributed by atoms with Gasteiger partial charge in [-0.15, -0.1) is 11.3 Å². The Morgan fingerprint density at radius 3 is 2.74 bits per heavy atom. The number of carbonyl (C=O) groups excluding carboxylic acids is 1. The first-order valence-corrected chi connectivity index (χ1v) is 7.01. The third-order valence-electron chi connectivity index (χ3n) is 3.03. The molecule has 0 atom stereocenters. The van der Waals surface area contributed by atoms with Gasteiger partial charge in [0.15, 0.2) is 0 Å². The normalized spacial score (nSPS) is 11.0. The summed E-state index contributed by atoms with van der Waals surface area (Å²) in [5.41, 5.74) is 6.20. The average Bonchev–Trinajstić information content (AvgIpc) is 2.77. The van der Waals surface area contributed by atoms with Crippen LogP contribution < -0.4 is 11.1 Å². The van der Waals surface area contributed by atoms with E-state index in [0.717, 1.165) is 5.69 Å². The van der Waals surface area contributed by atoms with E-state index in [2.05, 4.69) is 23.5 Å². The monoisotopic (exact) mass is 270 g/mol. The summed E-state index contributed by atoms with van der Waals surface area (Å²) in [6.07, 6.45) is 0.350. The molecule has 0 aliphatic heterocycles. The molecule has 4 heteroatoms. The number of fused-ring (bicyclic) bond motifs is 3. The Kier molecular flexibility index (Phi) is 3.19. The van der Waals surface area contributed by atoms with E-state index in [-0.39, 0.29) is 5.91 Å². The molecule has 1 amide bonds. The number of rotatable bonds is 3. The van der Waals surface area contributed by atoms with Crippen molar-refractivity contribution in [1.29, 1.82) is 0 Å². The summed E-state index contributed by atoms with van der Waals surface area (Å²) in [4.78, 5) is 11.6. The van der Waals surface area contributed by atoms with Crippen LogP contribution in [-0.4, -0.2) is 12.5 Å². The van der Waals surface area contributed by atoms with Gasteiger partial charge in [-0.1, -0.05) is 18.2 Å². The lowest BCUT2D eigenvalue weighted by Gasteiger charge is -2.04. The van der Waals surface area contributed by atoms with Crippen LogP contribution in [0.3, 0.4) is 0 Å². The topological polar surface area (TPSA) is 55.1 Å². The van der Waals surface area contributed by atoms with Crippen molar-refractivity contribution in [2.45, 2.75) is 6.42 Å². The molecule has 3 rings (SSSR count). The summed E-state index contributed by atoms with van der Waals surface area (Å²) < 4.78 is 2.50. The van der Waals surface area contributed by atoms with Crippen molar-refractivity contribution in [2.24, 2.45) is 5.73 Å². The largest absolute Gasteiger partial charge is 0.330 e. The van der Waals surface area contributed by atoms with Crippen molar-refractivity contribution >= 4 is 43.1 Å². The highest BCUT2D eigenvalue weighted by molar-refractivity contribution is 7.25. The molecule has 0 aliphatic carbocycles. The van der Waals surface area contributed by atoms with E-state index in [1.807, 2.05) is 24.3 Å². The molecule has 0 bridgehead atoms. The van der Waals surface area contributed by atoms with Crippen LogP contribution in [0.1, 0.15) is 6.42 Å². The summed E-state index contributed by atoms with van der Waals surface area (Å²) in [6, 6.07) is 14.3. The van der Waals surface area contributed by atoms with E-state index < -0.39 is 0 Å². The third kappa shape index (κ3) is 2.32. The van der Waals surface area contributed by atoms with Crippen LogP contribution >= 0.6 is 11.3 Å². The zero-order chi connectivity index (χ0) is 13.2. The van der Waals surface area contributed by atoms with Crippen LogP contribution in [0.2, 0.25) is 0 Å². The van der Waals surface area contributed by atoms with E-state index in [9.17, 15) is 4.79 Å². The molecule has 1 heterocycles. The van der Waals surface area contributed by atoms with Crippen molar-refractivity contribution in [3.05, 3.63) is 42.5 Å². The van der Waals surface area contributed by atoms with Crippen LogP contribution in [0, 0.1) is 0 Å². The highest BCUT2D eigenvalue weighted by Gasteiger charge is 2.06. The number of nitrogens with two attached hydrogens (primary N) is 1. The molecule has 0 unspecified atom stereocenters. The van der Waals surface area contributed by atoms with Crippen LogP contribution in [0.25, 0.3) is 20.2 Å².